The Bertz CT molecular complexity index is 270. The number of hydrogen-bond acceptors (Lipinski definition) is 3. The maximum Gasteiger partial charge on any atom is 0.303 e. The van der Waals surface area contributed by atoms with E-state index in [9.17, 15) is 9.59 Å². The SMILES string of the molecule is C=CC1CCC(C)(OC(C)=O)C(=O)C1. The zero-order chi connectivity index (χ0) is 10.8. The van der Waals surface area contributed by atoms with Crippen molar-refractivity contribution >= 4 is 11.8 Å². The van der Waals surface area contributed by atoms with Crippen molar-refractivity contribution in [2.24, 2.45) is 5.92 Å². The molecule has 14 heavy (non-hydrogen) atoms. The second kappa shape index (κ2) is 3.95. The Balaban J connectivity index is 2.68. The van der Waals surface area contributed by atoms with Crippen LogP contribution in [0.4, 0.5) is 0 Å². The van der Waals surface area contributed by atoms with E-state index in [-0.39, 0.29) is 11.7 Å². The minimum atomic E-state index is -0.897. The van der Waals surface area contributed by atoms with Gasteiger partial charge >= 0.3 is 5.97 Å². The average molecular weight is 196 g/mol. The largest absolute Gasteiger partial charge is 0.452 e. The van der Waals surface area contributed by atoms with Crippen LogP contribution >= 0.6 is 0 Å². The number of esters is 1. The number of ether oxygens (including phenoxy) is 1. The summed E-state index contributed by atoms with van der Waals surface area (Å²) in [5, 5.41) is 0. The predicted molar refractivity (Wildman–Crippen MR) is 52.7 cm³/mol. The van der Waals surface area contributed by atoms with Crippen molar-refractivity contribution in [3.05, 3.63) is 12.7 Å². The van der Waals surface area contributed by atoms with Crippen LogP contribution in [-0.2, 0) is 14.3 Å². The van der Waals surface area contributed by atoms with Crippen molar-refractivity contribution in [3.8, 4) is 0 Å². The fourth-order valence-corrected chi connectivity index (χ4v) is 1.78. The second-order valence-electron chi connectivity index (χ2n) is 3.99. The smallest absolute Gasteiger partial charge is 0.303 e. The first kappa shape index (κ1) is 11.0. The van der Waals surface area contributed by atoms with E-state index in [0.717, 1.165) is 6.42 Å². The minimum Gasteiger partial charge on any atom is -0.452 e. The van der Waals surface area contributed by atoms with E-state index in [0.29, 0.717) is 12.8 Å². The maximum absolute atomic E-state index is 11.7. The normalized spacial score (nSPS) is 32.4. The molecule has 78 valence electrons. The molecule has 0 N–H and O–H groups in total. The van der Waals surface area contributed by atoms with Gasteiger partial charge in [0.15, 0.2) is 11.4 Å². The standard InChI is InChI=1S/C11H16O3/c1-4-9-5-6-11(3,10(13)7-9)14-8(2)12/h4,9H,1,5-7H2,2-3H3. The third-order valence-corrected chi connectivity index (χ3v) is 2.73. The van der Waals surface area contributed by atoms with Crippen molar-refractivity contribution in [2.45, 2.75) is 38.7 Å². The molecule has 0 heterocycles. The third-order valence-electron chi connectivity index (χ3n) is 2.73. The Kier molecular flexibility index (Phi) is 3.09. The van der Waals surface area contributed by atoms with Crippen LogP contribution in [-0.4, -0.2) is 17.4 Å². The molecule has 1 fully saturated rings. The highest BCUT2D eigenvalue weighted by Crippen LogP contribution is 2.32. The van der Waals surface area contributed by atoms with Crippen LogP contribution in [0.5, 0.6) is 0 Å². The number of rotatable bonds is 2. The molecule has 0 bridgehead atoms. The molecule has 0 radical (unpaired) electrons. The van der Waals surface area contributed by atoms with Crippen LogP contribution in [0.25, 0.3) is 0 Å². The van der Waals surface area contributed by atoms with Gasteiger partial charge in [0.25, 0.3) is 0 Å². The molecule has 1 saturated carbocycles. The fourth-order valence-electron chi connectivity index (χ4n) is 1.78. The van der Waals surface area contributed by atoms with Crippen molar-refractivity contribution in [1.82, 2.24) is 0 Å². The van der Waals surface area contributed by atoms with Crippen LogP contribution in [0.1, 0.15) is 33.1 Å². The third kappa shape index (κ3) is 2.22. The summed E-state index contributed by atoms with van der Waals surface area (Å²) in [6, 6.07) is 0. The Morgan fingerprint density at radius 1 is 1.71 bits per heavy atom. The van der Waals surface area contributed by atoms with Gasteiger partial charge in [0.05, 0.1) is 0 Å². The topological polar surface area (TPSA) is 43.4 Å². The number of carbonyl (C=O) groups excluding carboxylic acids is 2. The Morgan fingerprint density at radius 2 is 2.36 bits per heavy atom. The van der Waals surface area contributed by atoms with Gasteiger partial charge in [-0.15, -0.1) is 6.58 Å². The van der Waals surface area contributed by atoms with E-state index in [4.69, 9.17) is 4.74 Å². The molecular formula is C11H16O3. The summed E-state index contributed by atoms with van der Waals surface area (Å²) in [6.45, 7) is 6.69. The molecule has 0 aromatic carbocycles. The monoisotopic (exact) mass is 196 g/mol. The molecule has 0 spiro atoms. The van der Waals surface area contributed by atoms with Gasteiger partial charge in [0.1, 0.15) is 0 Å². The van der Waals surface area contributed by atoms with Gasteiger partial charge in [0, 0.05) is 13.3 Å². The molecule has 0 aliphatic heterocycles. The Hall–Kier alpha value is -1.12. The first-order valence-electron chi connectivity index (χ1n) is 4.83. The lowest BCUT2D eigenvalue weighted by Gasteiger charge is -2.33. The van der Waals surface area contributed by atoms with Crippen LogP contribution in [0.2, 0.25) is 0 Å². The molecule has 1 aliphatic carbocycles. The molecule has 1 aliphatic rings. The van der Waals surface area contributed by atoms with E-state index in [1.54, 1.807) is 13.0 Å². The lowest BCUT2D eigenvalue weighted by atomic mass is 9.79. The summed E-state index contributed by atoms with van der Waals surface area (Å²) in [5.74, 6) is -0.145. The van der Waals surface area contributed by atoms with Crippen LogP contribution in [0.15, 0.2) is 12.7 Å². The van der Waals surface area contributed by atoms with Gasteiger partial charge in [-0.3, -0.25) is 9.59 Å². The van der Waals surface area contributed by atoms with E-state index in [2.05, 4.69) is 6.58 Å². The first-order valence-corrected chi connectivity index (χ1v) is 4.83. The number of Topliss-reactive ketones (excluding diaryl/α,β-unsaturated/α-hetero) is 1. The van der Waals surface area contributed by atoms with Gasteiger partial charge < -0.3 is 4.74 Å². The van der Waals surface area contributed by atoms with E-state index >= 15 is 0 Å². The quantitative estimate of drug-likeness (QED) is 0.500. The van der Waals surface area contributed by atoms with Crippen molar-refractivity contribution in [2.75, 3.05) is 0 Å². The highest BCUT2D eigenvalue weighted by molar-refractivity contribution is 5.90. The van der Waals surface area contributed by atoms with Gasteiger partial charge in [0.2, 0.25) is 0 Å². The minimum absolute atomic E-state index is 0.00356. The maximum atomic E-state index is 11.7. The van der Waals surface area contributed by atoms with Crippen LogP contribution in [0, 0.1) is 5.92 Å². The van der Waals surface area contributed by atoms with Crippen LogP contribution < -0.4 is 0 Å². The number of hydrogen-bond donors (Lipinski definition) is 0. The predicted octanol–water partition coefficient (Wildman–Crippen LogP) is 1.86. The molecule has 3 nitrogen and oxygen atoms in total. The summed E-state index contributed by atoms with van der Waals surface area (Å²) in [6.07, 6.45) is 3.69. The molecule has 2 atom stereocenters. The molecule has 3 heteroatoms. The van der Waals surface area contributed by atoms with E-state index < -0.39 is 11.6 Å². The first-order chi connectivity index (χ1) is 6.48. The highest BCUT2D eigenvalue weighted by Gasteiger charge is 2.40. The van der Waals surface area contributed by atoms with Gasteiger partial charge in [-0.25, -0.2) is 0 Å². The summed E-state index contributed by atoms with van der Waals surface area (Å²) < 4.78 is 5.06. The van der Waals surface area contributed by atoms with Crippen molar-refractivity contribution < 1.29 is 14.3 Å². The highest BCUT2D eigenvalue weighted by atomic mass is 16.6. The number of carbonyl (C=O) groups is 2. The molecule has 0 amide bonds. The summed E-state index contributed by atoms with van der Waals surface area (Å²) in [5.41, 5.74) is -0.897. The van der Waals surface area contributed by atoms with Gasteiger partial charge in [-0.05, 0) is 25.7 Å². The van der Waals surface area contributed by atoms with Gasteiger partial charge in [-0.2, -0.15) is 0 Å². The molecule has 0 aromatic rings. The lowest BCUT2D eigenvalue weighted by molar-refractivity contribution is -0.167. The fraction of sp³-hybridized carbons (Fsp3) is 0.636. The molecular weight excluding hydrogens is 180 g/mol. The van der Waals surface area contributed by atoms with Crippen molar-refractivity contribution in [1.29, 1.82) is 0 Å². The number of allylic oxidation sites excluding steroid dienone is 1. The van der Waals surface area contributed by atoms with Crippen LogP contribution in [0.3, 0.4) is 0 Å². The zero-order valence-electron chi connectivity index (χ0n) is 8.71. The van der Waals surface area contributed by atoms with E-state index in [1.165, 1.54) is 6.92 Å². The molecule has 1 rings (SSSR count). The summed E-state index contributed by atoms with van der Waals surface area (Å²) in [7, 11) is 0. The lowest BCUT2D eigenvalue weighted by Crippen LogP contribution is -2.44. The van der Waals surface area contributed by atoms with E-state index in [1.807, 2.05) is 0 Å². The Morgan fingerprint density at radius 3 is 2.79 bits per heavy atom. The van der Waals surface area contributed by atoms with Gasteiger partial charge in [-0.1, -0.05) is 6.08 Å². The Labute approximate surface area is 84.1 Å². The average Bonchev–Trinajstić information content (AvgIpc) is 2.09. The zero-order valence-corrected chi connectivity index (χ0v) is 8.71. The molecule has 2 unspecified atom stereocenters. The second-order valence-corrected chi connectivity index (χ2v) is 3.99. The molecule has 0 saturated heterocycles. The summed E-state index contributed by atoms with van der Waals surface area (Å²) >= 11 is 0. The van der Waals surface area contributed by atoms with Crippen molar-refractivity contribution in [3.63, 3.8) is 0 Å². The molecule has 0 aromatic heterocycles. The summed E-state index contributed by atoms with van der Waals surface area (Å²) in [4.78, 5) is 22.5. The number of ketones is 1.